The Morgan fingerprint density at radius 2 is 1.71 bits per heavy atom. The maximum absolute atomic E-state index is 2.36. The second kappa shape index (κ2) is 4.84. The largest absolute Gasteiger partial charge is 0.212 e. The lowest BCUT2D eigenvalue weighted by atomic mass is 10.1. The number of hydrogen-bond acceptors (Lipinski definition) is 0. The predicted octanol–water partition coefficient (Wildman–Crippen LogP) is 2.18. The normalized spacial score (nSPS) is 10.9. The van der Waals surface area contributed by atoms with E-state index in [0.717, 1.165) is 0 Å². The van der Waals surface area contributed by atoms with Crippen molar-refractivity contribution in [3.8, 4) is 11.3 Å². The highest BCUT2D eigenvalue weighted by Gasteiger charge is 2.13. The minimum absolute atomic E-state index is 0.705. The van der Waals surface area contributed by atoms with E-state index in [0.29, 0.717) is 0 Å². The van der Waals surface area contributed by atoms with E-state index in [1.54, 1.807) is 0 Å². The van der Waals surface area contributed by atoms with Crippen molar-refractivity contribution in [2.24, 2.45) is 7.05 Å². The summed E-state index contributed by atoms with van der Waals surface area (Å²) in [7, 11) is 1.44. The summed E-state index contributed by atoms with van der Waals surface area (Å²) in [6.45, 7) is 6.89. The molecule has 0 fully saturated rings. The summed E-state index contributed by atoms with van der Waals surface area (Å²) in [6.07, 6.45) is 2.29. The van der Waals surface area contributed by atoms with Crippen LogP contribution >= 0.6 is 0 Å². The Bertz CT molecular complexity index is 532. The molecule has 1 aromatic heterocycles. The van der Waals surface area contributed by atoms with Crippen LogP contribution in [0.3, 0.4) is 0 Å². The van der Waals surface area contributed by atoms with Crippen LogP contribution in [0.5, 0.6) is 0 Å². The SMILES string of the molecule is Cc1ccccc1-c1ccc([SiH](C)C)c[n+]1C. The molecule has 0 saturated carbocycles. The molecule has 1 nitrogen and oxygen atoms in total. The average molecular weight is 242 g/mol. The molecule has 0 amide bonds. The molecule has 0 bridgehead atoms. The van der Waals surface area contributed by atoms with Gasteiger partial charge in [-0.05, 0) is 23.7 Å². The number of hydrogen-bond donors (Lipinski definition) is 0. The van der Waals surface area contributed by atoms with Crippen molar-refractivity contribution in [1.82, 2.24) is 0 Å². The van der Waals surface area contributed by atoms with Gasteiger partial charge in [0.1, 0.15) is 7.05 Å². The fourth-order valence-electron chi connectivity index (χ4n) is 2.11. The van der Waals surface area contributed by atoms with Crippen molar-refractivity contribution < 1.29 is 4.57 Å². The molecule has 0 aliphatic heterocycles. The van der Waals surface area contributed by atoms with E-state index in [2.05, 4.69) is 74.2 Å². The maximum Gasteiger partial charge on any atom is 0.212 e. The summed E-state index contributed by atoms with van der Waals surface area (Å²) in [6, 6.07) is 13.1. The number of aromatic nitrogens is 1. The van der Waals surface area contributed by atoms with Gasteiger partial charge >= 0.3 is 0 Å². The second-order valence-corrected chi connectivity index (χ2v) is 7.90. The lowest BCUT2D eigenvalue weighted by molar-refractivity contribution is -0.659. The minimum Gasteiger partial charge on any atom is -0.201 e. The summed E-state index contributed by atoms with van der Waals surface area (Å²) >= 11 is 0. The van der Waals surface area contributed by atoms with Gasteiger partial charge in [0, 0.05) is 11.6 Å². The third-order valence-electron chi connectivity index (χ3n) is 3.24. The molecular formula is C15H20NSi+. The van der Waals surface area contributed by atoms with Crippen molar-refractivity contribution in [2.45, 2.75) is 20.0 Å². The van der Waals surface area contributed by atoms with Crippen LogP contribution in [-0.2, 0) is 7.05 Å². The third-order valence-corrected chi connectivity index (χ3v) is 4.92. The highest BCUT2D eigenvalue weighted by Crippen LogP contribution is 2.18. The number of benzene rings is 1. The lowest BCUT2D eigenvalue weighted by Gasteiger charge is -2.07. The topological polar surface area (TPSA) is 3.88 Å². The summed E-state index contributed by atoms with van der Waals surface area (Å²) in [4.78, 5) is 0. The Morgan fingerprint density at radius 3 is 2.29 bits per heavy atom. The van der Waals surface area contributed by atoms with Gasteiger partial charge in [-0.3, -0.25) is 0 Å². The summed E-state index contributed by atoms with van der Waals surface area (Å²) in [5, 5.41) is 1.52. The van der Waals surface area contributed by atoms with Gasteiger partial charge in [0.15, 0.2) is 6.20 Å². The average Bonchev–Trinajstić information content (AvgIpc) is 2.30. The molecule has 0 saturated heterocycles. The molecular weight excluding hydrogens is 222 g/mol. The van der Waals surface area contributed by atoms with Gasteiger partial charge in [-0.15, -0.1) is 0 Å². The summed E-state index contributed by atoms with van der Waals surface area (Å²) in [5.74, 6) is 0. The number of rotatable bonds is 2. The Hall–Kier alpha value is -1.41. The zero-order chi connectivity index (χ0) is 12.4. The standard InChI is InChI=1S/C15H20NSi/c1-12-7-5-6-8-14(12)15-10-9-13(17(3)4)11-16(15)2/h5-11,17H,1-4H3/q+1. The van der Waals surface area contributed by atoms with Crippen LogP contribution in [0.2, 0.25) is 13.1 Å². The van der Waals surface area contributed by atoms with Crippen LogP contribution < -0.4 is 9.75 Å². The van der Waals surface area contributed by atoms with Crippen molar-refractivity contribution in [3.05, 3.63) is 48.2 Å². The monoisotopic (exact) mass is 242 g/mol. The van der Waals surface area contributed by atoms with Crippen LogP contribution in [-0.4, -0.2) is 8.80 Å². The molecule has 2 aromatic rings. The van der Waals surface area contributed by atoms with Crippen LogP contribution in [0.25, 0.3) is 11.3 Å². The zero-order valence-electron chi connectivity index (χ0n) is 11.1. The molecule has 0 radical (unpaired) electrons. The highest BCUT2D eigenvalue weighted by atomic mass is 28.3. The summed E-state index contributed by atoms with van der Waals surface area (Å²) in [5.41, 5.74) is 3.95. The molecule has 2 rings (SSSR count). The van der Waals surface area contributed by atoms with Gasteiger partial charge in [0.05, 0.1) is 8.80 Å². The fourth-order valence-corrected chi connectivity index (χ4v) is 3.11. The molecule has 1 aromatic carbocycles. The van der Waals surface area contributed by atoms with E-state index in [-0.39, 0.29) is 0 Å². The van der Waals surface area contributed by atoms with Gasteiger partial charge in [-0.25, -0.2) is 4.57 Å². The predicted molar refractivity (Wildman–Crippen MR) is 76.3 cm³/mol. The van der Waals surface area contributed by atoms with Crippen LogP contribution in [0.4, 0.5) is 0 Å². The summed E-state index contributed by atoms with van der Waals surface area (Å²) < 4.78 is 2.25. The van der Waals surface area contributed by atoms with E-state index in [9.17, 15) is 0 Å². The van der Waals surface area contributed by atoms with E-state index in [1.807, 2.05) is 0 Å². The molecule has 0 spiro atoms. The van der Waals surface area contributed by atoms with E-state index < -0.39 is 8.80 Å². The van der Waals surface area contributed by atoms with Gasteiger partial charge in [0.2, 0.25) is 5.69 Å². The molecule has 0 atom stereocenters. The third kappa shape index (κ3) is 2.47. The quantitative estimate of drug-likeness (QED) is 0.561. The van der Waals surface area contributed by atoms with Crippen LogP contribution in [0.15, 0.2) is 42.6 Å². The van der Waals surface area contributed by atoms with Gasteiger partial charge < -0.3 is 0 Å². The van der Waals surface area contributed by atoms with E-state index >= 15 is 0 Å². The minimum atomic E-state index is -0.705. The van der Waals surface area contributed by atoms with E-state index in [4.69, 9.17) is 0 Å². The Balaban J connectivity index is 2.51. The first-order chi connectivity index (χ1) is 8.09. The molecule has 0 aliphatic carbocycles. The molecule has 1 heterocycles. The van der Waals surface area contributed by atoms with Gasteiger partial charge in [-0.1, -0.05) is 37.4 Å². The van der Waals surface area contributed by atoms with Gasteiger partial charge in [0.25, 0.3) is 0 Å². The first kappa shape index (κ1) is 12.1. The van der Waals surface area contributed by atoms with Crippen LogP contribution in [0.1, 0.15) is 5.56 Å². The molecule has 17 heavy (non-hydrogen) atoms. The number of pyridine rings is 1. The van der Waals surface area contributed by atoms with Crippen LogP contribution in [0, 0.1) is 6.92 Å². The van der Waals surface area contributed by atoms with Crippen molar-refractivity contribution in [1.29, 1.82) is 0 Å². The molecule has 0 N–H and O–H groups in total. The Labute approximate surface area is 105 Å². The second-order valence-electron chi connectivity index (χ2n) is 4.93. The fraction of sp³-hybridized carbons (Fsp3) is 0.267. The molecule has 2 heteroatoms. The number of nitrogens with zero attached hydrogens (tertiary/aromatic N) is 1. The van der Waals surface area contributed by atoms with Crippen molar-refractivity contribution >= 4 is 14.0 Å². The molecule has 88 valence electrons. The van der Waals surface area contributed by atoms with E-state index in [1.165, 1.54) is 22.0 Å². The maximum atomic E-state index is 2.36. The molecule has 0 unspecified atom stereocenters. The first-order valence-corrected chi connectivity index (χ1v) is 9.04. The molecule has 0 aliphatic rings. The lowest BCUT2D eigenvalue weighted by Crippen LogP contribution is -2.38. The van der Waals surface area contributed by atoms with Crippen molar-refractivity contribution in [3.63, 3.8) is 0 Å². The van der Waals surface area contributed by atoms with Crippen molar-refractivity contribution in [2.75, 3.05) is 0 Å². The first-order valence-electron chi connectivity index (χ1n) is 6.15. The zero-order valence-corrected chi connectivity index (χ0v) is 12.2. The highest BCUT2D eigenvalue weighted by molar-refractivity contribution is 6.70. The number of aryl methyl sites for hydroxylation is 2. The Kier molecular flexibility index (Phi) is 3.43. The Morgan fingerprint density at radius 1 is 1.00 bits per heavy atom. The van der Waals surface area contributed by atoms with Gasteiger partial charge in [-0.2, -0.15) is 0 Å². The smallest absolute Gasteiger partial charge is 0.201 e.